The summed E-state index contributed by atoms with van der Waals surface area (Å²) in [6, 6.07) is 17.2. The number of nitrogens with zero attached hydrogens (tertiary/aromatic N) is 1. The van der Waals surface area contributed by atoms with Gasteiger partial charge in [-0.05, 0) is 61.1 Å². The summed E-state index contributed by atoms with van der Waals surface area (Å²) in [5, 5.41) is 0. The van der Waals surface area contributed by atoms with Gasteiger partial charge in [-0.2, -0.15) is 0 Å². The molecule has 0 N–H and O–H groups in total. The quantitative estimate of drug-likeness (QED) is 0.305. The van der Waals surface area contributed by atoms with Gasteiger partial charge in [0.2, 0.25) is 0 Å². The molecule has 0 unspecified atom stereocenters. The fourth-order valence-electron chi connectivity index (χ4n) is 4.24. The first-order valence-electron chi connectivity index (χ1n) is 9.97. The van der Waals surface area contributed by atoms with Crippen molar-refractivity contribution in [2.45, 2.75) is 59.8 Å². The zero-order chi connectivity index (χ0) is 20.6. The van der Waals surface area contributed by atoms with Crippen LogP contribution in [0, 0.1) is 32.6 Å². The number of hydrogen-bond donors (Lipinski definition) is 0. The monoisotopic (exact) mass is 470 g/mol. The first-order valence-corrected chi connectivity index (χ1v) is 13.5. The van der Waals surface area contributed by atoms with E-state index in [-0.39, 0.29) is 20.8 Å². The van der Waals surface area contributed by atoms with Crippen LogP contribution in [0.1, 0.15) is 62.6 Å². The molecule has 0 bridgehead atoms. The van der Waals surface area contributed by atoms with Crippen LogP contribution in [0.3, 0.4) is 0 Å². The van der Waals surface area contributed by atoms with Crippen LogP contribution in [0.4, 0.5) is 5.69 Å². The predicted octanol–water partition coefficient (Wildman–Crippen LogP) is 8.86. The van der Waals surface area contributed by atoms with Crippen molar-refractivity contribution >= 4 is 31.5 Å². The number of aryl methyl sites for hydroxylation is 2. The minimum atomic E-state index is -0.181. The van der Waals surface area contributed by atoms with E-state index in [4.69, 9.17) is 25.1 Å². The van der Waals surface area contributed by atoms with Crippen molar-refractivity contribution in [2.24, 2.45) is 16.3 Å². The summed E-state index contributed by atoms with van der Waals surface area (Å²) in [5.41, 5.74) is 6.44. The molecule has 29 heavy (non-hydrogen) atoms. The van der Waals surface area contributed by atoms with Gasteiger partial charge in [0.25, 0.3) is 0 Å². The van der Waals surface area contributed by atoms with Crippen LogP contribution >= 0.6 is 20.1 Å². The van der Waals surface area contributed by atoms with Crippen LogP contribution in [-0.2, 0) is 13.4 Å². The zero-order valence-electron chi connectivity index (χ0n) is 18.3. The Morgan fingerprint density at radius 1 is 0.966 bits per heavy atom. The minimum absolute atomic E-state index is 0. The van der Waals surface area contributed by atoms with Crippen LogP contribution in [0.25, 0.3) is 0 Å². The van der Waals surface area contributed by atoms with Crippen LogP contribution in [-0.4, -0.2) is 5.71 Å². The second kappa shape index (κ2) is 12.8. The average molecular weight is 471 g/mol. The molecule has 0 heterocycles. The van der Waals surface area contributed by atoms with Gasteiger partial charge >= 0.3 is 33.5 Å². The Kier molecular flexibility index (Phi) is 11.6. The molecule has 159 valence electrons. The Bertz CT molecular complexity index is 745. The van der Waals surface area contributed by atoms with Crippen molar-refractivity contribution in [1.82, 2.24) is 0 Å². The summed E-state index contributed by atoms with van der Waals surface area (Å²) in [4.78, 5) is 5.20. The van der Waals surface area contributed by atoms with Crippen molar-refractivity contribution in [3.8, 4) is 0 Å². The third-order valence-electron chi connectivity index (χ3n) is 5.88. The topological polar surface area (TPSA) is 12.4 Å². The summed E-state index contributed by atoms with van der Waals surface area (Å²) in [6.07, 6.45) is 6.57. The van der Waals surface area contributed by atoms with Gasteiger partial charge in [0, 0.05) is 5.71 Å². The molecule has 1 nitrogen and oxygen atoms in total. The van der Waals surface area contributed by atoms with Gasteiger partial charge in [0.05, 0.1) is 5.69 Å². The van der Waals surface area contributed by atoms with Gasteiger partial charge in [0.15, 0.2) is 0 Å². The van der Waals surface area contributed by atoms with Crippen molar-refractivity contribution in [3.63, 3.8) is 0 Å². The molecule has 1 aliphatic rings. The molecule has 1 aliphatic carbocycles. The maximum atomic E-state index is 5.20. The Balaban J connectivity index is 0.000000990. The Morgan fingerprint density at radius 3 is 2.00 bits per heavy atom. The van der Waals surface area contributed by atoms with Gasteiger partial charge < -0.3 is 7.43 Å². The number of halogens is 2. The standard InChI is InChI=1S/C24H31N.CH3.2ClH.Cr/c1-18-11-10-12-19(2)23(18)25-22(20-13-6-5-7-14-20)17-24(3,4)21-15-8-9-16-21;;;;/h5-7,10-14,21H,8-9,15-17H2,1-4H3;1H3;2*1H;/q;-1;;;+3/p-2. The normalized spacial score (nSPS) is 14.6. The number of hydrogen-bond acceptors (Lipinski definition) is 1. The van der Waals surface area contributed by atoms with Crippen LogP contribution in [0.2, 0.25) is 0 Å². The molecule has 0 amide bonds. The van der Waals surface area contributed by atoms with Gasteiger partial charge in [-0.15, -0.1) is 0 Å². The second-order valence-corrected chi connectivity index (χ2v) is 10.5. The molecule has 3 rings (SSSR count). The molecule has 1 fully saturated rings. The van der Waals surface area contributed by atoms with Crippen LogP contribution in [0.5, 0.6) is 0 Å². The molecule has 4 heteroatoms. The molecule has 0 atom stereocenters. The van der Waals surface area contributed by atoms with Crippen molar-refractivity contribution < 1.29 is 13.4 Å². The summed E-state index contributed by atoms with van der Waals surface area (Å²) in [7, 11) is 9.65. The maximum absolute atomic E-state index is 5.20. The second-order valence-electron chi connectivity index (χ2n) is 8.37. The number of rotatable bonds is 5. The number of aliphatic imine (C=N–C) groups is 1. The van der Waals surface area contributed by atoms with Gasteiger partial charge in [0.1, 0.15) is 0 Å². The van der Waals surface area contributed by atoms with E-state index in [1.165, 1.54) is 48.1 Å². The zero-order valence-corrected chi connectivity index (χ0v) is 21.1. The van der Waals surface area contributed by atoms with Crippen molar-refractivity contribution in [2.75, 3.05) is 0 Å². The third kappa shape index (κ3) is 7.77. The van der Waals surface area contributed by atoms with E-state index in [1.807, 2.05) is 0 Å². The molecular weight excluding hydrogens is 437 g/mol. The van der Waals surface area contributed by atoms with Gasteiger partial charge in [-0.3, -0.25) is 4.99 Å². The molecule has 0 spiro atoms. The fraction of sp³-hybridized carbons (Fsp3) is 0.440. The fourth-order valence-corrected chi connectivity index (χ4v) is 4.24. The van der Waals surface area contributed by atoms with E-state index in [2.05, 4.69) is 76.2 Å². The Labute approximate surface area is 193 Å². The number of para-hydroxylation sites is 1. The molecular formula is C25H34Cl2CrN. The molecule has 0 aliphatic heterocycles. The number of benzene rings is 2. The van der Waals surface area contributed by atoms with E-state index in [0.717, 1.165) is 18.0 Å². The van der Waals surface area contributed by atoms with Crippen molar-refractivity contribution in [1.29, 1.82) is 0 Å². The molecule has 2 aromatic rings. The first-order chi connectivity index (χ1) is 13.4. The predicted molar refractivity (Wildman–Crippen MR) is 127 cm³/mol. The molecule has 0 radical (unpaired) electrons. The molecule has 1 saturated carbocycles. The third-order valence-corrected chi connectivity index (χ3v) is 5.88. The van der Waals surface area contributed by atoms with E-state index < -0.39 is 0 Å². The Hall–Kier alpha value is -0.778. The molecule has 0 aromatic heterocycles. The van der Waals surface area contributed by atoms with E-state index in [1.54, 1.807) is 0 Å². The van der Waals surface area contributed by atoms with Crippen LogP contribution in [0.15, 0.2) is 53.5 Å². The SMILES string of the molecule is Cc1cccc(C)c1N=C(CC(C)(C)C1CCCC1)c1ccccc1.[CH3-].[Cl][Cr+][Cl]. The first kappa shape index (κ1) is 26.3. The van der Waals surface area contributed by atoms with Gasteiger partial charge in [-0.25, -0.2) is 0 Å². The summed E-state index contributed by atoms with van der Waals surface area (Å²) >= 11 is -0.181. The Morgan fingerprint density at radius 2 is 1.48 bits per heavy atom. The van der Waals surface area contributed by atoms with Crippen LogP contribution < -0.4 is 0 Å². The molecule has 2 aromatic carbocycles. The van der Waals surface area contributed by atoms with Crippen molar-refractivity contribution in [3.05, 3.63) is 72.6 Å². The molecule has 0 saturated heterocycles. The summed E-state index contributed by atoms with van der Waals surface area (Å²) < 4.78 is 0. The van der Waals surface area contributed by atoms with E-state index >= 15 is 0 Å². The average Bonchev–Trinajstić information content (AvgIpc) is 3.21. The summed E-state index contributed by atoms with van der Waals surface area (Å²) in [6.45, 7) is 9.20. The van der Waals surface area contributed by atoms with E-state index in [0.29, 0.717) is 5.41 Å². The summed E-state index contributed by atoms with van der Waals surface area (Å²) in [5.74, 6) is 0.819. The van der Waals surface area contributed by atoms with Gasteiger partial charge in [-0.1, -0.05) is 75.2 Å². The van der Waals surface area contributed by atoms with E-state index in [9.17, 15) is 0 Å².